The van der Waals surface area contributed by atoms with Crippen LogP contribution in [0, 0.1) is 0 Å². The van der Waals surface area contributed by atoms with E-state index in [9.17, 15) is 21.6 Å². The minimum atomic E-state index is -5.61. The van der Waals surface area contributed by atoms with E-state index in [2.05, 4.69) is 4.40 Å². The van der Waals surface area contributed by atoms with Gasteiger partial charge in [-0.2, -0.15) is 26.0 Å². The van der Waals surface area contributed by atoms with E-state index >= 15 is 0 Å². The Morgan fingerprint density at radius 2 is 1.19 bits per heavy atom. The van der Waals surface area contributed by atoms with Gasteiger partial charge < -0.3 is 0 Å². The van der Waals surface area contributed by atoms with Gasteiger partial charge >= 0.3 is 15.5 Å². The van der Waals surface area contributed by atoms with E-state index in [1.54, 1.807) is 36.4 Å². The SMILES string of the molecule is O=S(=O)(N=C(c1ccccc1)c1ccccc1)C(F)(F)F. The molecule has 0 radical (unpaired) electrons. The molecule has 21 heavy (non-hydrogen) atoms. The number of halogens is 3. The van der Waals surface area contributed by atoms with Crippen molar-refractivity contribution >= 4 is 15.7 Å². The Labute approximate surface area is 119 Å². The molecule has 0 N–H and O–H groups in total. The van der Waals surface area contributed by atoms with Crippen LogP contribution in [0.25, 0.3) is 0 Å². The molecule has 3 nitrogen and oxygen atoms in total. The molecular formula is C14H10F3NO2S. The average molecular weight is 313 g/mol. The first kappa shape index (κ1) is 15.2. The minimum Gasteiger partial charge on any atom is -0.195 e. The zero-order valence-corrected chi connectivity index (χ0v) is 11.4. The number of nitrogens with zero attached hydrogens (tertiary/aromatic N) is 1. The highest BCUT2D eigenvalue weighted by molar-refractivity contribution is 7.91. The van der Waals surface area contributed by atoms with E-state index in [0.717, 1.165) is 0 Å². The molecule has 110 valence electrons. The van der Waals surface area contributed by atoms with Crippen LogP contribution in [-0.4, -0.2) is 19.6 Å². The maximum atomic E-state index is 12.5. The molecule has 0 bridgehead atoms. The summed E-state index contributed by atoms with van der Waals surface area (Å²) in [6, 6.07) is 15.7. The maximum absolute atomic E-state index is 12.5. The summed E-state index contributed by atoms with van der Waals surface area (Å²) in [5, 5.41) is 0. The van der Waals surface area contributed by atoms with Crippen LogP contribution in [0.5, 0.6) is 0 Å². The highest BCUT2D eigenvalue weighted by Gasteiger charge is 2.46. The Bertz CT molecular complexity index is 697. The normalized spacial score (nSPS) is 12.0. The maximum Gasteiger partial charge on any atom is 0.518 e. The molecular weight excluding hydrogens is 303 g/mol. The molecule has 0 aliphatic rings. The van der Waals surface area contributed by atoms with E-state index < -0.39 is 15.5 Å². The zero-order valence-electron chi connectivity index (χ0n) is 10.6. The summed E-state index contributed by atoms with van der Waals surface area (Å²) in [6.45, 7) is 0. The third-order valence-electron chi connectivity index (χ3n) is 2.60. The number of rotatable bonds is 3. The van der Waals surface area contributed by atoms with E-state index in [-0.39, 0.29) is 16.8 Å². The highest BCUT2D eigenvalue weighted by Crippen LogP contribution is 2.26. The lowest BCUT2D eigenvalue weighted by Gasteiger charge is -2.09. The molecule has 2 rings (SSSR count). The van der Waals surface area contributed by atoms with Crippen LogP contribution < -0.4 is 0 Å². The molecule has 2 aromatic rings. The molecule has 0 atom stereocenters. The van der Waals surface area contributed by atoms with Gasteiger partial charge in [0.25, 0.3) is 0 Å². The van der Waals surface area contributed by atoms with Gasteiger partial charge in [-0.25, -0.2) is 0 Å². The van der Waals surface area contributed by atoms with E-state index in [1.165, 1.54) is 24.3 Å². The average Bonchev–Trinajstić information content (AvgIpc) is 2.45. The van der Waals surface area contributed by atoms with Crippen molar-refractivity contribution in [3.8, 4) is 0 Å². The molecule has 0 aliphatic heterocycles. The number of hydrogen-bond donors (Lipinski definition) is 0. The van der Waals surface area contributed by atoms with Crippen molar-refractivity contribution in [3.05, 3.63) is 71.8 Å². The zero-order chi connectivity index (χ0) is 15.5. The van der Waals surface area contributed by atoms with Crippen LogP contribution in [-0.2, 0) is 10.0 Å². The van der Waals surface area contributed by atoms with Gasteiger partial charge in [0, 0.05) is 11.1 Å². The summed E-state index contributed by atoms with van der Waals surface area (Å²) in [5.41, 5.74) is -5.09. The molecule has 0 unspecified atom stereocenters. The first-order valence-electron chi connectivity index (χ1n) is 5.83. The third kappa shape index (κ3) is 3.49. The lowest BCUT2D eigenvalue weighted by atomic mass is 10.0. The van der Waals surface area contributed by atoms with Crippen LogP contribution in [0.15, 0.2) is 65.1 Å². The Kier molecular flexibility index (Phi) is 4.13. The van der Waals surface area contributed by atoms with Crippen LogP contribution in [0.2, 0.25) is 0 Å². The number of hydrogen-bond acceptors (Lipinski definition) is 2. The van der Waals surface area contributed by atoms with Crippen molar-refractivity contribution in [2.45, 2.75) is 5.51 Å². The molecule has 0 aliphatic carbocycles. The summed E-state index contributed by atoms with van der Waals surface area (Å²) in [4.78, 5) is 0. The second-order valence-electron chi connectivity index (χ2n) is 4.09. The van der Waals surface area contributed by atoms with Crippen LogP contribution >= 0.6 is 0 Å². The Hall–Kier alpha value is -2.15. The fourth-order valence-corrected chi connectivity index (χ4v) is 2.19. The summed E-state index contributed by atoms with van der Waals surface area (Å²) >= 11 is 0. The smallest absolute Gasteiger partial charge is 0.195 e. The molecule has 0 heterocycles. The summed E-state index contributed by atoms with van der Waals surface area (Å²) in [5.74, 6) is 0. The monoisotopic (exact) mass is 313 g/mol. The van der Waals surface area contributed by atoms with Gasteiger partial charge in [-0.05, 0) is 0 Å². The molecule has 0 spiro atoms. The van der Waals surface area contributed by atoms with Gasteiger partial charge in [0.05, 0.1) is 5.71 Å². The van der Waals surface area contributed by atoms with Gasteiger partial charge in [-0.15, -0.1) is 0 Å². The first-order valence-corrected chi connectivity index (χ1v) is 7.27. The molecule has 0 amide bonds. The van der Waals surface area contributed by atoms with Crippen molar-refractivity contribution < 1.29 is 21.6 Å². The standard InChI is InChI=1S/C14H10F3NO2S/c15-14(16,17)21(19,20)18-13(11-7-3-1-4-8-11)12-9-5-2-6-10-12/h1-10H. The molecule has 7 heteroatoms. The Morgan fingerprint density at radius 3 is 1.52 bits per heavy atom. The van der Waals surface area contributed by atoms with E-state index in [0.29, 0.717) is 0 Å². The Balaban J connectivity index is 2.64. The van der Waals surface area contributed by atoms with E-state index in [1.807, 2.05) is 0 Å². The molecule has 2 aromatic carbocycles. The highest BCUT2D eigenvalue weighted by atomic mass is 32.2. The third-order valence-corrected chi connectivity index (χ3v) is 3.61. The fraction of sp³-hybridized carbons (Fsp3) is 0.0714. The van der Waals surface area contributed by atoms with E-state index in [4.69, 9.17) is 0 Å². The second kappa shape index (κ2) is 5.69. The predicted molar refractivity (Wildman–Crippen MR) is 73.5 cm³/mol. The van der Waals surface area contributed by atoms with Crippen LogP contribution in [0.4, 0.5) is 13.2 Å². The lowest BCUT2D eigenvalue weighted by Crippen LogP contribution is -2.22. The molecule has 0 saturated heterocycles. The topological polar surface area (TPSA) is 46.5 Å². The fourth-order valence-electron chi connectivity index (χ4n) is 1.64. The van der Waals surface area contributed by atoms with Gasteiger partial charge in [-0.3, -0.25) is 0 Å². The largest absolute Gasteiger partial charge is 0.518 e. The molecule has 0 saturated carbocycles. The van der Waals surface area contributed by atoms with Crippen LogP contribution in [0.1, 0.15) is 11.1 Å². The lowest BCUT2D eigenvalue weighted by molar-refractivity contribution is -0.0435. The minimum absolute atomic E-state index is 0.242. The van der Waals surface area contributed by atoms with Crippen molar-refractivity contribution in [1.29, 1.82) is 0 Å². The number of alkyl halides is 3. The summed E-state index contributed by atoms with van der Waals surface area (Å²) in [6.07, 6.45) is 0. The number of benzene rings is 2. The molecule has 0 fully saturated rings. The quantitative estimate of drug-likeness (QED) is 0.816. The van der Waals surface area contributed by atoms with Gasteiger partial charge in [0.2, 0.25) is 0 Å². The molecule has 0 aromatic heterocycles. The second-order valence-corrected chi connectivity index (χ2v) is 5.69. The van der Waals surface area contributed by atoms with Crippen molar-refractivity contribution in [2.75, 3.05) is 0 Å². The van der Waals surface area contributed by atoms with Gasteiger partial charge in [0.1, 0.15) is 0 Å². The summed E-state index contributed by atoms with van der Waals surface area (Å²) in [7, 11) is -5.61. The summed E-state index contributed by atoms with van der Waals surface area (Å²) < 4.78 is 63.2. The van der Waals surface area contributed by atoms with Crippen molar-refractivity contribution in [2.24, 2.45) is 4.40 Å². The predicted octanol–water partition coefficient (Wildman–Crippen LogP) is 3.37. The van der Waals surface area contributed by atoms with Gasteiger partial charge in [-0.1, -0.05) is 60.7 Å². The number of sulfonamides is 1. The van der Waals surface area contributed by atoms with Gasteiger partial charge in [0.15, 0.2) is 0 Å². The Morgan fingerprint density at radius 1 is 0.810 bits per heavy atom. The van der Waals surface area contributed by atoms with Crippen LogP contribution in [0.3, 0.4) is 0 Å². The van der Waals surface area contributed by atoms with Crippen molar-refractivity contribution in [1.82, 2.24) is 0 Å². The first-order chi connectivity index (χ1) is 9.81. The van der Waals surface area contributed by atoms with Crippen molar-refractivity contribution in [3.63, 3.8) is 0 Å².